The molecule has 2 rings (SSSR count). The molecule has 104 valence electrons. The predicted octanol–water partition coefficient (Wildman–Crippen LogP) is 2.50. The molecule has 0 fully saturated rings. The lowest BCUT2D eigenvalue weighted by Crippen LogP contribution is -2.20. The second kappa shape index (κ2) is 5.83. The zero-order valence-corrected chi connectivity index (χ0v) is 12.1. The van der Waals surface area contributed by atoms with Crippen LogP contribution in [0, 0.1) is 17.0 Å². The van der Waals surface area contributed by atoms with Crippen LogP contribution >= 0.6 is 15.9 Å². The first kappa shape index (κ1) is 14.2. The molecule has 0 aliphatic heterocycles. The Morgan fingerprint density at radius 3 is 2.60 bits per heavy atom. The van der Waals surface area contributed by atoms with Crippen LogP contribution in [0.3, 0.4) is 0 Å². The summed E-state index contributed by atoms with van der Waals surface area (Å²) >= 11 is 3.32. The number of non-ortho nitro benzene ring substituents is 1. The largest absolute Gasteiger partial charge is 0.324 e. The van der Waals surface area contributed by atoms with Gasteiger partial charge in [-0.3, -0.25) is 19.6 Å². The molecule has 7 nitrogen and oxygen atoms in total. The monoisotopic (exact) mass is 338 g/mol. The maximum atomic E-state index is 11.8. The number of halogens is 1. The van der Waals surface area contributed by atoms with Crippen LogP contribution < -0.4 is 5.32 Å². The van der Waals surface area contributed by atoms with Crippen molar-refractivity contribution >= 4 is 33.2 Å². The average Bonchev–Trinajstić information content (AvgIpc) is 2.71. The number of amides is 1. The third-order valence-electron chi connectivity index (χ3n) is 2.70. The first-order chi connectivity index (χ1) is 9.47. The smallest absolute Gasteiger partial charge is 0.269 e. The Balaban J connectivity index is 2.01. The maximum Gasteiger partial charge on any atom is 0.269 e. The molecule has 1 heterocycles. The van der Waals surface area contributed by atoms with Gasteiger partial charge in [0, 0.05) is 17.8 Å². The number of nitrogens with zero attached hydrogens (tertiary/aromatic N) is 3. The van der Waals surface area contributed by atoms with Crippen LogP contribution in [0.4, 0.5) is 11.4 Å². The van der Waals surface area contributed by atoms with Gasteiger partial charge in [-0.15, -0.1) is 0 Å². The van der Waals surface area contributed by atoms with Crippen molar-refractivity contribution in [2.45, 2.75) is 13.5 Å². The standard InChI is InChI=1S/C12H11BrN4O3/c1-8-11(13)6-14-16(8)7-12(18)15-9-2-4-10(5-3-9)17(19)20/h2-6H,7H2,1H3,(H,15,18). The number of hydrogen-bond acceptors (Lipinski definition) is 4. The summed E-state index contributed by atoms with van der Waals surface area (Å²) in [5.41, 5.74) is 1.34. The number of hydrogen-bond donors (Lipinski definition) is 1. The fourth-order valence-electron chi connectivity index (χ4n) is 1.59. The van der Waals surface area contributed by atoms with E-state index in [1.807, 2.05) is 6.92 Å². The average molecular weight is 339 g/mol. The fourth-order valence-corrected chi connectivity index (χ4v) is 1.88. The van der Waals surface area contributed by atoms with Gasteiger partial charge in [0.05, 0.1) is 21.3 Å². The number of nitro groups is 1. The van der Waals surface area contributed by atoms with E-state index in [1.165, 1.54) is 24.3 Å². The van der Waals surface area contributed by atoms with Gasteiger partial charge in [-0.05, 0) is 35.0 Å². The van der Waals surface area contributed by atoms with Crippen molar-refractivity contribution in [2.24, 2.45) is 0 Å². The van der Waals surface area contributed by atoms with Crippen LogP contribution in [0.5, 0.6) is 0 Å². The summed E-state index contributed by atoms with van der Waals surface area (Å²) in [6.07, 6.45) is 1.62. The van der Waals surface area contributed by atoms with Crippen molar-refractivity contribution in [3.05, 3.63) is 50.7 Å². The lowest BCUT2D eigenvalue weighted by Gasteiger charge is -2.06. The minimum absolute atomic E-state index is 0.0187. The predicted molar refractivity (Wildman–Crippen MR) is 76.4 cm³/mol. The van der Waals surface area contributed by atoms with E-state index in [-0.39, 0.29) is 18.1 Å². The van der Waals surface area contributed by atoms with Crippen LogP contribution in [0.15, 0.2) is 34.9 Å². The van der Waals surface area contributed by atoms with Gasteiger partial charge >= 0.3 is 0 Å². The Morgan fingerprint density at radius 1 is 1.45 bits per heavy atom. The quantitative estimate of drug-likeness (QED) is 0.684. The molecule has 8 heteroatoms. The third-order valence-corrected chi connectivity index (χ3v) is 3.48. The highest BCUT2D eigenvalue weighted by Crippen LogP contribution is 2.16. The molecular formula is C12H11BrN4O3. The SMILES string of the molecule is Cc1c(Br)cnn1CC(=O)Nc1ccc([N+](=O)[O-])cc1. The normalized spacial score (nSPS) is 10.3. The molecule has 0 spiro atoms. The van der Waals surface area contributed by atoms with Crippen molar-refractivity contribution < 1.29 is 9.72 Å². The Labute approximate surface area is 122 Å². The second-order valence-corrected chi connectivity index (χ2v) is 4.94. The summed E-state index contributed by atoms with van der Waals surface area (Å²) in [5.74, 6) is -0.252. The number of carbonyl (C=O) groups excluding carboxylic acids is 1. The van der Waals surface area contributed by atoms with Crippen LogP contribution in [0.25, 0.3) is 0 Å². The summed E-state index contributed by atoms with van der Waals surface area (Å²) in [6.45, 7) is 1.92. The molecule has 0 radical (unpaired) electrons. The molecule has 0 aliphatic carbocycles. The van der Waals surface area contributed by atoms with E-state index >= 15 is 0 Å². The molecular weight excluding hydrogens is 328 g/mol. The zero-order valence-electron chi connectivity index (χ0n) is 10.5. The minimum atomic E-state index is -0.490. The van der Waals surface area contributed by atoms with Gasteiger partial charge in [0.1, 0.15) is 6.54 Å². The van der Waals surface area contributed by atoms with Gasteiger partial charge in [-0.1, -0.05) is 0 Å². The highest BCUT2D eigenvalue weighted by atomic mass is 79.9. The molecule has 0 aliphatic rings. The molecule has 2 aromatic rings. The number of benzene rings is 1. The number of nitro benzene ring substituents is 1. The molecule has 1 aromatic carbocycles. The highest BCUT2D eigenvalue weighted by Gasteiger charge is 2.10. The highest BCUT2D eigenvalue weighted by molar-refractivity contribution is 9.10. The van der Waals surface area contributed by atoms with E-state index < -0.39 is 4.92 Å². The van der Waals surface area contributed by atoms with Gasteiger partial charge in [-0.2, -0.15) is 5.10 Å². The molecule has 20 heavy (non-hydrogen) atoms. The molecule has 1 amide bonds. The number of rotatable bonds is 4. The second-order valence-electron chi connectivity index (χ2n) is 4.09. The molecule has 0 saturated carbocycles. The van der Waals surface area contributed by atoms with Gasteiger partial charge < -0.3 is 5.32 Å². The van der Waals surface area contributed by atoms with Crippen molar-refractivity contribution in [2.75, 3.05) is 5.32 Å². The van der Waals surface area contributed by atoms with E-state index in [9.17, 15) is 14.9 Å². The third kappa shape index (κ3) is 3.21. The first-order valence-electron chi connectivity index (χ1n) is 5.69. The van der Waals surface area contributed by atoms with Crippen LogP contribution in [-0.2, 0) is 11.3 Å². The lowest BCUT2D eigenvalue weighted by molar-refractivity contribution is -0.384. The summed E-state index contributed by atoms with van der Waals surface area (Å²) in [5, 5.41) is 17.2. The van der Waals surface area contributed by atoms with Crippen molar-refractivity contribution in [1.82, 2.24) is 9.78 Å². The summed E-state index contributed by atoms with van der Waals surface area (Å²) < 4.78 is 2.39. The molecule has 0 atom stereocenters. The molecule has 1 N–H and O–H groups in total. The van der Waals surface area contributed by atoms with Crippen LogP contribution in [0.2, 0.25) is 0 Å². The van der Waals surface area contributed by atoms with Gasteiger partial charge in [0.25, 0.3) is 5.69 Å². The van der Waals surface area contributed by atoms with Gasteiger partial charge in [-0.25, -0.2) is 0 Å². The van der Waals surface area contributed by atoms with Crippen molar-refractivity contribution in [3.8, 4) is 0 Å². The van der Waals surface area contributed by atoms with Crippen molar-refractivity contribution in [3.63, 3.8) is 0 Å². The first-order valence-corrected chi connectivity index (χ1v) is 6.49. The molecule has 0 saturated heterocycles. The van der Waals surface area contributed by atoms with Crippen LogP contribution in [0.1, 0.15) is 5.69 Å². The van der Waals surface area contributed by atoms with Crippen LogP contribution in [-0.4, -0.2) is 20.6 Å². The summed E-state index contributed by atoms with van der Waals surface area (Å²) in [4.78, 5) is 21.9. The Kier molecular flexibility index (Phi) is 4.14. The number of carbonyl (C=O) groups is 1. The number of anilines is 1. The topological polar surface area (TPSA) is 90.1 Å². The fraction of sp³-hybridized carbons (Fsp3) is 0.167. The van der Waals surface area contributed by atoms with E-state index in [4.69, 9.17) is 0 Å². The Hall–Kier alpha value is -2.22. The molecule has 0 bridgehead atoms. The van der Waals surface area contributed by atoms with E-state index in [1.54, 1.807) is 10.9 Å². The van der Waals surface area contributed by atoms with E-state index in [0.717, 1.165) is 10.2 Å². The van der Waals surface area contributed by atoms with Crippen molar-refractivity contribution in [1.29, 1.82) is 0 Å². The Bertz CT molecular complexity index is 651. The van der Waals surface area contributed by atoms with E-state index in [0.29, 0.717) is 5.69 Å². The summed E-state index contributed by atoms with van der Waals surface area (Å²) in [6, 6.07) is 5.65. The van der Waals surface area contributed by atoms with E-state index in [2.05, 4.69) is 26.3 Å². The molecule has 0 unspecified atom stereocenters. The maximum absolute atomic E-state index is 11.8. The number of nitrogens with one attached hydrogen (secondary N) is 1. The van der Waals surface area contributed by atoms with Gasteiger partial charge in [0.2, 0.25) is 5.91 Å². The Morgan fingerprint density at radius 2 is 2.10 bits per heavy atom. The van der Waals surface area contributed by atoms with Gasteiger partial charge in [0.15, 0.2) is 0 Å². The molecule has 1 aromatic heterocycles. The lowest BCUT2D eigenvalue weighted by atomic mass is 10.3. The zero-order chi connectivity index (χ0) is 14.7. The minimum Gasteiger partial charge on any atom is -0.324 e. The summed E-state index contributed by atoms with van der Waals surface area (Å²) in [7, 11) is 0. The number of aromatic nitrogens is 2.